The Morgan fingerprint density at radius 2 is 1.77 bits per heavy atom. The van der Waals surface area contributed by atoms with Crippen molar-refractivity contribution in [3.63, 3.8) is 0 Å². The smallest absolute Gasteiger partial charge is 0.287 e. The van der Waals surface area contributed by atoms with Crippen LogP contribution in [0.25, 0.3) is 0 Å². The molecule has 1 amide bonds. The third-order valence-corrected chi connectivity index (χ3v) is 6.65. The van der Waals surface area contributed by atoms with E-state index in [1.807, 2.05) is 32.9 Å². The van der Waals surface area contributed by atoms with Crippen LogP contribution in [-0.2, 0) is 10.0 Å². The van der Waals surface area contributed by atoms with Gasteiger partial charge in [-0.15, -0.1) is 0 Å². The Morgan fingerprint density at radius 1 is 1.10 bits per heavy atom. The number of carbonyl (C=O) groups is 1. The molecule has 164 valence electrons. The molecule has 1 N–H and O–H groups in total. The quantitative estimate of drug-likeness (QED) is 0.647. The number of hydrogen-bond donors (Lipinski definition) is 1. The Balaban J connectivity index is 1.72. The largest absolute Gasteiger partial charge is 0.490 e. The maximum Gasteiger partial charge on any atom is 0.287 e. The molecule has 2 aromatic rings. The fourth-order valence-electron chi connectivity index (χ4n) is 3.32. The van der Waals surface area contributed by atoms with Gasteiger partial charge in [-0.05, 0) is 63.4 Å². The molecule has 0 saturated carbocycles. The minimum absolute atomic E-state index is 0.0457. The molecule has 0 bridgehead atoms. The summed E-state index contributed by atoms with van der Waals surface area (Å²) in [6.45, 7) is 7.57. The first kappa shape index (κ1) is 22.2. The van der Waals surface area contributed by atoms with Gasteiger partial charge in [0.25, 0.3) is 15.9 Å². The molecule has 1 saturated heterocycles. The third-order valence-electron chi connectivity index (χ3n) is 4.88. The summed E-state index contributed by atoms with van der Waals surface area (Å²) in [7, 11) is -3.70. The zero-order valence-electron chi connectivity index (χ0n) is 17.5. The molecule has 30 heavy (non-hydrogen) atoms. The molecule has 0 spiro atoms. The van der Waals surface area contributed by atoms with Crippen LogP contribution in [0.2, 0.25) is 0 Å². The molecular formula is C21H28N2O6S. The fourth-order valence-corrected chi connectivity index (χ4v) is 4.75. The van der Waals surface area contributed by atoms with Gasteiger partial charge in [-0.1, -0.05) is 6.07 Å². The highest BCUT2D eigenvalue weighted by Crippen LogP contribution is 2.31. The van der Waals surface area contributed by atoms with Crippen LogP contribution < -0.4 is 14.8 Å². The Kier molecular flexibility index (Phi) is 7.04. The Hall–Kier alpha value is -2.52. The Labute approximate surface area is 177 Å². The number of nitrogens with one attached hydrogen (secondary N) is 1. The molecule has 2 heterocycles. The van der Waals surface area contributed by atoms with Crippen molar-refractivity contribution < 1.29 is 27.1 Å². The maximum absolute atomic E-state index is 12.6. The summed E-state index contributed by atoms with van der Waals surface area (Å²) in [5.74, 6) is 0.715. The van der Waals surface area contributed by atoms with Crippen LogP contribution in [0.4, 0.5) is 0 Å². The van der Waals surface area contributed by atoms with E-state index in [-0.39, 0.29) is 16.9 Å². The van der Waals surface area contributed by atoms with Gasteiger partial charge in [-0.2, -0.15) is 4.31 Å². The highest BCUT2D eigenvalue weighted by atomic mass is 32.2. The number of furan rings is 1. The minimum Gasteiger partial charge on any atom is -0.490 e. The minimum atomic E-state index is -3.70. The Morgan fingerprint density at radius 3 is 2.43 bits per heavy atom. The number of amides is 1. The van der Waals surface area contributed by atoms with Crippen molar-refractivity contribution in [3.05, 3.63) is 41.7 Å². The van der Waals surface area contributed by atoms with Crippen molar-refractivity contribution >= 4 is 15.9 Å². The molecule has 3 rings (SSSR count). The van der Waals surface area contributed by atoms with E-state index in [1.165, 1.54) is 16.4 Å². The number of rotatable bonds is 9. The van der Waals surface area contributed by atoms with Crippen LogP contribution in [0.1, 0.15) is 55.8 Å². The van der Waals surface area contributed by atoms with Gasteiger partial charge in [0.05, 0.1) is 19.3 Å². The van der Waals surface area contributed by atoms with Gasteiger partial charge in [0.1, 0.15) is 0 Å². The second-order valence-corrected chi connectivity index (χ2v) is 8.87. The van der Waals surface area contributed by atoms with Crippen molar-refractivity contribution in [1.29, 1.82) is 0 Å². The van der Waals surface area contributed by atoms with E-state index in [0.717, 1.165) is 18.4 Å². The first-order valence-electron chi connectivity index (χ1n) is 10.2. The molecule has 1 unspecified atom stereocenters. The third kappa shape index (κ3) is 4.79. The van der Waals surface area contributed by atoms with Gasteiger partial charge in [0, 0.05) is 13.1 Å². The number of benzene rings is 1. The molecule has 1 atom stereocenters. The number of nitrogens with zero attached hydrogens (tertiary/aromatic N) is 1. The van der Waals surface area contributed by atoms with E-state index in [1.54, 1.807) is 6.07 Å². The molecule has 0 radical (unpaired) electrons. The van der Waals surface area contributed by atoms with E-state index >= 15 is 0 Å². The van der Waals surface area contributed by atoms with Crippen LogP contribution in [0.3, 0.4) is 0 Å². The van der Waals surface area contributed by atoms with Gasteiger partial charge in [0.2, 0.25) is 5.09 Å². The number of sulfonamides is 1. The molecule has 8 nitrogen and oxygen atoms in total. The first-order chi connectivity index (χ1) is 14.4. The van der Waals surface area contributed by atoms with Gasteiger partial charge in [0.15, 0.2) is 17.3 Å². The van der Waals surface area contributed by atoms with E-state index in [0.29, 0.717) is 37.8 Å². The highest BCUT2D eigenvalue weighted by Gasteiger charge is 2.30. The molecule has 1 aromatic carbocycles. The van der Waals surface area contributed by atoms with Gasteiger partial charge in [-0.25, -0.2) is 8.42 Å². The average molecular weight is 437 g/mol. The van der Waals surface area contributed by atoms with Crippen LogP contribution in [-0.4, -0.2) is 44.9 Å². The SMILES string of the molecule is CCOc1ccc(C(C)NC(=O)c2ccc(S(=O)(=O)N3CCCC3)o2)cc1OCC. The van der Waals surface area contributed by atoms with Gasteiger partial charge < -0.3 is 19.2 Å². The van der Waals surface area contributed by atoms with E-state index in [9.17, 15) is 13.2 Å². The summed E-state index contributed by atoms with van der Waals surface area (Å²) in [4.78, 5) is 12.6. The predicted molar refractivity (Wildman–Crippen MR) is 111 cm³/mol. The van der Waals surface area contributed by atoms with Crippen LogP contribution in [0, 0.1) is 0 Å². The summed E-state index contributed by atoms with van der Waals surface area (Å²) in [5, 5.41) is 2.62. The van der Waals surface area contributed by atoms with Crippen molar-refractivity contribution in [1.82, 2.24) is 9.62 Å². The Bertz CT molecular complexity index is 979. The summed E-state index contributed by atoms with van der Waals surface area (Å²) < 4.78 is 43.1. The van der Waals surface area contributed by atoms with Gasteiger partial charge >= 0.3 is 0 Å². The second-order valence-electron chi connectivity index (χ2n) is 7.00. The number of carbonyl (C=O) groups excluding carboxylic acids is 1. The molecule has 1 aromatic heterocycles. The lowest BCUT2D eigenvalue weighted by molar-refractivity contribution is 0.0906. The number of ether oxygens (including phenoxy) is 2. The first-order valence-corrected chi connectivity index (χ1v) is 11.6. The number of hydrogen-bond acceptors (Lipinski definition) is 6. The molecule has 1 aliphatic rings. The normalized spacial score (nSPS) is 15.7. The lowest BCUT2D eigenvalue weighted by Gasteiger charge is -2.17. The van der Waals surface area contributed by atoms with Crippen LogP contribution in [0.5, 0.6) is 11.5 Å². The summed E-state index contributed by atoms with van der Waals surface area (Å²) >= 11 is 0. The second kappa shape index (κ2) is 9.53. The van der Waals surface area contributed by atoms with Crippen LogP contribution >= 0.6 is 0 Å². The lowest BCUT2D eigenvalue weighted by atomic mass is 10.1. The van der Waals surface area contributed by atoms with Crippen molar-refractivity contribution in [3.8, 4) is 11.5 Å². The van der Waals surface area contributed by atoms with Crippen molar-refractivity contribution in [2.24, 2.45) is 0 Å². The zero-order valence-corrected chi connectivity index (χ0v) is 18.3. The van der Waals surface area contributed by atoms with Crippen LogP contribution in [0.15, 0.2) is 39.8 Å². The van der Waals surface area contributed by atoms with Crippen molar-refractivity contribution in [2.45, 2.75) is 44.7 Å². The standard InChI is InChI=1S/C21H28N2O6S/c1-4-27-17-9-8-16(14-19(17)28-5-2)15(3)22-21(24)18-10-11-20(29-18)30(25,26)23-12-6-7-13-23/h8-11,14-15H,4-7,12-13H2,1-3H3,(H,22,24). The maximum atomic E-state index is 12.6. The van der Waals surface area contributed by atoms with Gasteiger partial charge in [-0.3, -0.25) is 4.79 Å². The topological polar surface area (TPSA) is 98.1 Å². The molecular weight excluding hydrogens is 408 g/mol. The summed E-state index contributed by atoms with van der Waals surface area (Å²) in [6.07, 6.45) is 1.66. The molecule has 1 fully saturated rings. The molecule has 9 heteroatoms. The summed E-state index contributed by atoms with van der Waals surface area (Å²) in [6, 6.07) is 7.84. The monoisotopic (exact) mass is 436 g/mol. The zero-order chi connectivity index (χ0) is 21.7. The lowest BCUT2D eigenvalue weighted by Crippen LogP contribution is -2.28. The predicted octanol–water partition coefficient (Wildman–Crippen LogP) is 3.35. The fraction of sp³-hybridized carbons (Fsp3) is 0.476. The van der Waals surface area contributed by atoms with E-state index < -0.39 is 15.9 Å². The average Bonchev–Trinajstić information content (AvgIpc) is 3.42. The van der Waals surface area contributed by atoms with Crippen molar-refractivity contribution in [2.75, 3.05) is 26.3 Å². The van der Waals surface area contributed by atoms with E-state index in [2.05, 4.69) is 5.32 Å². The molecule has 0 aliphatic carbocycles. The van der Waals surface area contributed by atoms with E-state index in [4.69, 9.17) is 13.9 Å². The highest BCUT2D eigenvalue weighted by molar-refractivity contribution is 7.89. The molecule has 1 aliphatic heterocycles. The summed E-state index contributed by atoms with van der Waals surface area (Å²) in [5.41, 5.74) is 0.826.